The number of guanidine groups is 1. The number of hydrogen-bond donors (Lipinski definition) is 7. The molecule has 0 aliphatic carbocycles. The van der Waals surface area contributed by atoms with Crippen molar-refractivity contribution in [1.29, 1.82) is 0 Å². The van der Waals surface area contributed by atoms with Crippen LogP contribution in [-0.2, 0) is 24.0 Å². The monoisotopic (exact) mass is 494 g/mol. The van der Waals surface area contributed by atoms with Crippen molar-refractivity contribution in [2.45, 2.75) is 69.5 Å². The zero-order valence-electron chi connectivity index (χ0n) is 20.0. The van der Waals surface area contributed by atoms with Crippen molar-refractivity contribution in [1.82, 2.24) is 21.3 Å². The van der Waals surface area contributed by atoms with Crippen LogP contribution in [0.5, 0.6) is 0 Å². The Bertz CT molecular complexity index is 782. The van der Waals surface area contributed by atoms with Crippen LogP contribution >= 0.6 is 0 Å². The zero-order chi connectivity index (χ0) is 26.1. The van der Waals surface area contributed by atoms with Crippen LogP contribution in [-0.4, -0.2) is 73.6 Å². The summed E-state index contributed by atoms with van der Waals surface area (Å²) >= 11 is 0. The Morgan fingerprint density at radius 2 is 1.57 bits per heavy atom. The SMILES string of the molecule is NCCCC[C@@H]1NC(=O)/C=C\C(=O)NCCCC[C@@H](C=O)NC(=O)[C@H](CCCN=C(N)N)NC1=O. The third-order valence-corrected chi connectivity index (χ3v) is 5.28. The quantitative estimate of drug-likeness (QED) is 0.0795. The second-order valence-electron chi connectivity index (χ2n) is 8.23. The van der Waals surface area contributed by atoms with Crippen LogP contribution in [0.15, 0.2) is 17.1 Å². The van der Waals surface area contributed by atoms with Crippen molar-refractivity contribution in [3.05, 3.63) is 12.2 Å². The van der Waals surface area contributed by atoms with Crippen molar-refractivity contribution in [3.8, 4) is 0 Å². The Labute approximate surface area is 205 Å². The molecule has 1 heterocycles. The fourth-order valence-corrected chi connectivity index (χ4v) is 3.39. The molecule has 196 valence electrons. The molecule has 0 saturated carbocycles. The molecule has 0 saturated heterocycles. The van der Waals surface area contributed by atoms with Crippen molar-refractivity contribution >= 4 is 35.9 Å². The van der Waals surface area contributed by atoms with E-state index in [-0.39, 0.29) is 25.3 Å². The second-order valence-corrected chi connectivity index (χ2v) is 8.23. The average Bonchev–Trinajstić information content (AvgIpc) is 2.82. The average molecular weight is 495 g/mol. The number of unbranched alkanes of at least 4 members (excludes halogenated alkanes) is 1. The Balaban J connectivity index is 3.09. The Kier molecular flexibility index (Phi) is 14.4. The van der Waals surface area contributed by atoms with E-state index >= 15 is 0 Å². The molecule has 0 aromatic rings. The molecular weight excluding hydrogens is 456 g/mol. The van der Waals surface area contributed by atoms with Crippen molar-refractivity contribution < 1.29 is 24.0 Å². The predicted molar refractivity (Wildman–Crippen MR) is 131 cm³/mol. The summed E-state index contributed by atoms with van der Waals surface area (Å²) in [6.45, 7) is 1.02. The lowest BCUT2D eigenvalue weighted by Crippen LogP contribution is -2.55. The number of amides is 4. The fourth-order valence-electron chi connectivity index (χ4n) is 3.39. The van der Waals surface area contributed by atoms with Gasteiger partial charge < -0.3 is 43.3 Å². The lowest BCUT2D eigenvalue weighted by molar-refractivity contribution is -0.132. The van der Waals surface area contributed by atoms with Crippen LogP contribution < -0.4 is 38.5 Å². The largest absolute Gasteiger partial charge is 0.370 e. The van der Waals surface area contributed by atoms with Crippen molar-refractivity contribution in [2.24, 2.45) is 22.2 Å². The number of aliphatic imine (C=N–C) groups is 1. The van der Waals surface area contributed by atoms with Gasteiger partial charge in [0.1, 0.15) is 18.4 Å². The van der Waals surface area contributed by atoms with Crippen LogP contribution in [0.4, 0.5) is 0 Å². The number of nitrogens with two attached hydrogens (primary N) is 3. The molecule has 0 bridgehead atoms. The number of hydrogen-bond acceptors (Lipinski definition) is 7. The first kappa shape index (κ1) is 29.6. The Morgan fingerprint density at radius 1 is 0.914 bits per heavy atom. The van der Waals surface area contributed by atoms with Gasteiger partial charge in [-0.05, 0) is 57.9 Å². The van der Waals surface area contributed by atoms with Crippen LogP contribution in [0.2, 0.25) is 0 Å². The van der Waals surface area contributed by atoms with Crippen molar-refractivity contribution in [3.63, 3.8) is 0 Å². The van der Waals surface area contributed by atoms with Gasteiger partial charge in [-0.15, -0.1) is 0 Å². The molecule has 1 aliphatic rings. The van der Waals surface area contributed by atoms with E-state index in [1.165, 1.54) is 0 Å². The molecule has 35 heavy (non-hydrogen) atoms. The summed E-state index contributed by atoms with van der Waals surface area (Å²) in [5.41, 5.74) is 16.2. The first-order chi connectivity index (χ1) is 16.8. The molecule has 0 unspecified atom stereocenters. The molecule has 3 atom stereocenters. The molecule has 1 rings (SSSR count). The van der Waals surface area contributed by atoms with Gasteiger partial charge in [-0.3, -0.25) is 24.2 Å². The van der Waals surface area contributed by atoms with Gasteiger partial charge in [-0.25, -0.2) is 0 Å². The van der Waals surface area contributed by atoms with Gasteiger partial charge in [0, 0.05) is 25.2 Å². The number of nitrogens with zero attached hydrogens (tertiary/aromatic N) is 1. The molecule has 0 spiro atoms. The van der Waals surface area contributed by atoms with Crippen LogP contribution in [0, 0.1) is 0 Å². The van der Waals surface area contributed by atoms with E-state index in [9.17, 15) is 24.0 Å². The highest BCUT2D eigenvalue weighted by atomic mass is 16.2. The van der Waals surface area contributed by atoms with Gasteiger partial charge in [0.25, 0.3) is 0 Å². The van der Waals surface area contributed by atoms with E-state index in [1.54, 1.807) is 0 Å². The summed E-state index contributed by atoms with van der Waals surface area (Å²) < 4.78 is 0. The van der Waals surface area contributed by atoms with E-state index in [2.05, 4.69) is 26.3 Å². The molecule has 0 aromatic heterocycles. The summed E-state index contributed by atoms with van der Waals surface area (Å²) in [5, 5.41) is 10.5. The van der Waals surface area contributed by atoms with Gasteiger partial charge in [0.2, 0.25) is 23.6 Å². The minimum Gasteiger partial charge on any atom is -0.370 e. The number of nitrogens with one attached hydrogen (secondary N) is 4. The van der Waals surface area contributed by atoms with Crippen LogP contribution in [0.1, 0.15) is 51.4 Å². The van der Waals surface area contributed by atoms with Gasteiger partial charge in [-0.1, -0.05) is 0 Å². The Morgan fingerprint density at radius 3 is 2.26 bits per heavy atom. The summed E-state index contributed by atoms with van der Waals surface area (Å²) in [6, 6.07) is -2.67. The lowest BCUT2D eigenvalue weighted by atomic mass is 10.1. The number of aldehydes is 1. The van der Waals surface area contributed by atoms with E-state index in [0.29, 0.717) is 57.9 Å². The Hall–Kier alpha value is -3.48. The maximum Gasteiger partial charge on any atom is 0.244 e. The third kappa shape index (κ3) is 13.1. The molecule has 10 N–H and O–H groups in total. The first-order valence-electron chi connectivity index (χ1n) is 11.8. The molecule has 4 amide bonds. The standard InChI is InChI=1S/C22H38N8O5/c23-11-3-1-7-16-21(35)30-17(8-5-13-27-22(24)25)20(34)28-15(14-31)6-2-4-12-26-18(32)9-10-19(33)29-16/h9-10,14-17H,1-8,11-13,23H2,(H,26,32)(H,28,34)(H,29,33)(H,30,35)(H4,24,25,27)/b10-9-/t15-,16-,17-/m0/s1. The first-order valence-corrected chi connectivity index (χ1v) is 11.8. The highest BCUT2D eigenvalue weighted by molar-refractivity contribution is 5.99. The molecule has 0 radical (unpaired) electrons. The number of carbonyl (C=O) groups is 5. The van der Waals surface area contributed by atoms with Gasteiger partial charge in [0.05, 0.1) is 6.04 Å². The molecule has 13 nitrogen and oxygen atoms in total. The fraction of sp³-hybridized carbons (Fsp3) is 0.636. The maximum atomic E-state index is 13.0. The van der Waals surface area contributed by atoms with Gasteiger partial charge in [0.15, 0.2) is 5.96 Å². The maximum absolute atomic E-state index is 13.0. The van der Waals surface area contributed by atoms with Crippen LogP contribution in [0.3, 0.4) is 0 Å². The summed E-state index contributed by atoms with van der Waals surface area (Å²) in [6.07, 6.45) is 6.39. The highest BCUT2D eigenvalue weighted by Gasteiger charge is 2.27. The molecule has 0 fully saturated rings. The number of rotatable bonds is 9. The predicted octanol–water partition coefficient (Wildman–Crippen LogP) is -2.32. The summed E-state index contributed by atoms with van der Waals surface area (Å²) in [4.78, 5) is 65.6. The highest BCUT2D eigenvalue weighted by Crippen LogP contribution is 2.06. The minimum atomic E-state index is -0.970. The third-order valence-electron chi connectivity index (χ3n) is 5.28. The van der Waals surface area contributed by atoms with E-state index < -0.39 is 41.8 Å². The smallest absolute Gasteiger partial charge is 0.244 e. The van der Waals surface area contributed by atoms with Gasteiger partial charge >= 0.3 is 0 Å². The molecule has 0 aromatic carbocycles. The minimum absolute atomic E-state index is 0.0860. The van der Waals surface area contributed by atoms with Gasteiger partial charge in [-0.2, -0.15) is 0 Å². The van der Waals surface area contributed by atoms with E-state index in [1.807, 2.05) is 0 Å². The summed E-state index contributed by atoms with van der Waals surface area (Å²) in [7, 11) is 0. The lowest BCUT2D eigenvalue weighted by Gasteiger charge is -2.24. The van der Waals surface area contributed by atoms with Crippen molar-refractivity contribution in [2.75, 3.05) is 19.6 Å². The molecular formula is C22H38N8O5. The molecule has 13 heteroatoms. The normalized spacial score (nSPS) is 23.6. The van der Waals surface area contributed by atoms with E-state index in [0.717, 1.165) is 12.2 Å². The number of carbonyl (C=O) groups excluding carboxylic acids is 5. The second kappa shape index (κ2) is 17.0. The zero-order valence-corrected chi connectivity index (χ0v) is 20.0. The topological polar surface area (TPSA) is 224 Å². The van der Waals surface area contributed by atoms with Crippen LogP contribution in [0.25, 0.3) is 0 Å². The van der Waals surface area contributed by atoms with E-state index in [4.69, 9.17) is 17.2 Å². The molecule has 1 aliphatic heterocycles. The summed E-state index contributed by atoms with van der Waals surface area (Å²) in [5.74, 6) is -2.24.